The van der Waals surface area contributed by atoms with Crippen molar-refractivity contribution in [2.75, 3.05) is 0 Å². The molecule has 1 aliphatic rings. The summed E-state index contributed by atoms with van der Waals surface area (Å²) in [5.41, 5.74) is 11.4. The van der Waals surface area contributed by atoms with Crippen LogP contribution >= 0.6 is 0 Å². The van der Waals surface area contributed by atoms with Crippen LogP contribution in [0.15, 0.2) is 48.5 Å². The van der Waals surface area contributed by atoms with Gasteiger partial charge < -0.3 is 15.0 Å². The minimum absolute atomic E-state index is 0.0505. The lowest BCUT2D eigenvalue weighted by Gasteiger charge is -2.21. The van der Waals surface area contributed by atoms with Crippen molar-refractivity contribution in [2.24, 2.45) is 5.73 Å². The monoisotopic (exact) mass is 456 g/mol. The predicted octanol–water partition coefficient (Wildman–Crippen LogP) is 6.34. The highest BCUT2D eigenvalue weighted by Gasteiger charge is 2.33. The van der Waals surface area contributed by atoms with Crippen LogP contribution in [-0.2, 0) is 12.8 Å². The lowest BCUT2D eigenvalue weighted by atomic mass is 9.97. The van der Waals surface area contributed by atoms with E-state index < -0.39 is 12.3 Å². The second-order valence-corrected chi connectivity index (χ2v) is 8.45. The number of nitrogens with zero attached hydrogens (tertiary/aromatic N) is 1. The molecule has 0 aliphatic heterocycles. The van der Waals surface area contributed by atoms with Gasteiger partial charge in [0.25, 0.3) is 5.91 Å². The van der Waals surface area contributed by atoms with Crippen LogP contribution in [0.4, 0.5) is 13.2 Å². The molecular weight excluding hydrogens is 429 g/mol. The lowest BCUT2D eigenvalue weighted by molar-refractivity contribution is -0.274. The molecule has 0 spiro atoms. The number of alkyl halides is 3. The smallest absolute Gasteiger partial charge is 0.406 e. The highest BCUT2D eigenvalue weighted by Crippen LogP contribution is 2.42. The Labute approximate surface area is 191 Å². The minimum atomic E-state index is -4.80. The van der Waals surface area contributed by atoms with Crippen LogP contribution in [0.5, 0.6) is 5.75 Å². The summed E-state index contributed by atoms with van der Waals surface area (Å²) in [6.07, 6.45) is -0.477. The van der Waals surface area contributed by atoms with Crippen molar-refractivity contribution < 1.29 is 22.7 Å². The largest absolute Gasteiger partial charge is 0.573 e. The highest BCUT2D eigenvalue weighted by atomic mass is 19.4. The van der Waals surface area contributed by atoms with Gasteiger partial charge in [-0.2, -0.15) is 0 Å². The summed E-state index contributed by atoms with van der Waals surface area (Å²) in [6, 6.07) is 14.1. The van der Waals surface area contributed by atoms with Crippen molar-refractivity contribution in [1.29, 1.82) is 0 Å². The van der Waals surface area contributed by atoms with Crippen molar-refractivity contribution in [2.45, 2.75) is 58.4 Å². The van der Waals surface area contributed by atoms with Crippen molar-refractivity contribution in [3.63, 3.8) is 0 Å². The Morgan fingerprint density at radius 3 is 2.64 bits per heavy atom. The van der Waals surface area contributed by atoms with Crippen molar-refractivity contribution in [3.05, 3.63) is 76.6 Å². The molecule has 0 fully saturated rings. The fourth-order valence-corrected chi connectivity index (χ4v) is 5.04. The van der Waals surface area contributed by atoms with Gasteiger partial charge in [-0.3, -0.25) is 4.79 Å². The average molecular weight is 457 g/mol. The van der Waals surface area contributed by atoms with Gasteiger partial charge in [-0.05, 0) is 61.4 Å². The van der Waals surface area contributed by atoms with E-state index in [4.69, 9.17) is 5.73 Å². The molecule has 2 N–H and O–H groups in total. The highest BCUT2D eigenvalue weighted by molar-refractivity contribution is 6.02. The molecule has 4 rings (SSSR count). The fourth-order valence-electron chi connectivity index (χ4n) is 5.04. The summed E-state index contributed by atoms with van der Waals surface area (Å²) in [7, 11) is 0. The van der Waals surface area contributed by atoms with Crippen molar-refractivity contribution in [3.8, 4) is 16.9 Å². The van der Waals surface area contributed by atoms with E-state index in [2.05, 4.69) is 28.4 Å². The third-order valence-corrected chi connectivity index (χ3v) is 6.34. The van der Waals surface area contributed by atoms with Gasteiger partial charge >= 0.3 is 6.36 Å². The maximum absolute atomic E-state index is 12.8. The molecule has 1 atom stereocenters. The molecule has 2 aromatic carbocycles. The Hall–Kier alpha value is -3.22. The first-order valence-electron chi connectivity index (χ1n) is 11.2. The number of ether oxygens (including phenoxy) is 1. The Morgan fingerprint density at radius 1 is 1.18 bits per heavy atom. The number of rotatable bonds is 7. The van der Waals surface area contributed by atoms with Gasteiger partial charge in [0.15, 0.2) is 0 Å². The zero-order valence-electron chi connectivity index (χ0n) is 18.7. The number of aryl methyl sites for hydroxylation is 1. The number of benzene rings is 2. The molecule has 1 aliphatic carbocycles. The Kier molecular flexibility index (Phi) is 6.23. The van der Waals surface area contributed by atoms with Gasteiger partial charge in [0.05, 0.1) is 11.6 Å². The summed E-state index contributed by atoms with van der Waals surface area (Å²) in [6.45, 7) is 3.95. The molecule has 7 heteroatoms. The molecule has 1 heterocycles. The van der Waals surface area contributed by atoms with Gasteiger partial charge in [-0.15, -0.1) is 13.2 Å². The third-order valence-electron chi connectivity index (χ3n) is 6.34. The minimum Gasteiger partial charge on any atom is -0.406 e. The molecule has 4 nitrogen and oxygen atoms in total. The Morgan fingerprint density at radius 2 is 1.94 bits per heavy atom. The predicted molar refractivity (Wildman–Crippen MR) is 121 cm³/mol. The zero-order chi connectivity index (χ0) is 23.8. The molecule has 0 saturated heterocycles. The van der Waals surface area contributed by atoms with Crippen LogP contribution in [0.25, 0.3) is 11.1 Å². The van der Waals surface area contributed by atoms with E-state index in [1.54, 1.807) is 6.07 Å². The number of hydrogen-bond acceptors (Lipinski definition) is 2. The quantitative estimate of drug-likeness (QED) is 0.451. The van der Waals surface area contributed by atoms with Gasteiger partial charge in [0.1, 0.15) is 5.75 Å². The number of hydrogen-bond donors (Lipinski definition) is 1. The first kappa shape index (κ1) is 23.0. The second-order valence-electron chi connectivity index (χ2n) is 8.45. The van der Waals surface area contributed by atoms with E-state index in [9.17, 15) is 18.0 Å². The molecular formula is C26H27F3N2O2. The van der Waals surface area contributed by atoms with E-state index in [-0.39, 0.29) is 11.8 Å². The Bertz CT molecular complexity index is 1180. The number of unbranched alkanes of at least 4 members (excludes halogenated alkanes) is 1. The number of nitrogens with two attached hydrogens (primary N) is 1. The lowest BCUT2D eigenvalue weighted by Crippen LogP contribution is -2.17. The Balaban J connectivity index is 1.93. The van der Waals surface area contributed by atoms with Gasteiger partial charge in [-0.25, -0.2) is 0 Å². The SMILES string of the molecule is CCCCc1c(-c2cccc(OC(F)(F)F)c2)c(C(N)=O)c(C)n1C1CCc2ccccc21. The maximum Gasteiger partial charge on any atom is 0.573 e. The summed E-state index contributed by atoms with van der Waals surface area (Å²) >= 11 is 0. The van der Waals surface area contributed by atoms with E-state index >= 15 is 0 Å². The average Bonchev–Trinajstić information content (AvgIpc) is 3.29. The van der Waals surface area contributed by atoms with Crippen molar-refractivity contribution in [1.82, 2.24) is 4.57 Å². The molecule has 1 aromatic heterocycles. The molecule has 0 bridgehead atoms. The van der Waals surface area contributed by atoms with Gasteiger partial charge in [-0.1, -0.05) is 49.7 Å². The van der Waals surface area contributed by atoms with Crippen LogP contribution < -0.4 is 10.5 Å². The van der Waals surface area contributed by atoms with Crippen LogP contribution in [0.1, 0.15) is 65.1 Å². The van der Waals surface area contributed by atoms with Crippen LogP contribution in [0, 0.1) is 6.92 Å². The molecule has 0 radical (unpaired) electrons. The number of fused-ring (bicyclic) bond motifs is 1. The number of halogens is 3. The number of amides is 1. The van der Waals surface area contributed by atoms with E-state index in [1.807, 2.05) is 19.1 Å². The molecule has 1 amide bonds. The third kappa shape index (κ3) is 4.49. The summed E-state index contributed by atoms with van der Waals surface area (Å²) < 4.78 is 44.9. The summed E-state index contributed by atoms with van der Waals surface area (Å²) in [5.74, 6) is -0.916. The molecule has 33 heavy (non-hydrogen) atoms. The normalized spacial score (nSPS) is 15.5. The first-order valence-corrected chi connectivity index (χ1v) is 11.2. The number of carbonyl (C=O) groups is 1. The molecule has 3 aromatic rings. The van der Waals surface area contributed by atoms with E-state index in [0.717, 1.165) is 37.1 Å². The summed E-state index contributed by atoms with van der Waals surface area (Å²) in [4.78, 5) is 12.6. The number of aromatic nitrogens is 1. The van der Waals surface area contributed by atoms with Crippen molar-refractivity contribution >= 4 is 5.91 Å². The molecule has 174 valence electrons. The molecule has 1 unspecified atom stereocenters. The van der Waals surface area contributed by atoms with E-state index in [0.29, 0.717) is 23.1 Å². The van der Waals surface area contributed by atoms with Crippen LogP contribution in [0.3, 0.4) is 0 Å². The van der Waals surface area contributed by atoms with Crippen LogP contribution in [0.2, 0.25) is 0 Å². The standard InChI is InChI=1S/C26H27F3N2O2/c1-3-4-12-22-24(18-9-7-10-19(15-18)33-26(27,28)29)23(25(30)32)16(2)31(22)21-14-13-17-8-5-6-11-20(17)21/h5-11,15,21H,3-4,12-14H2,1-2H3,(H2,30,32). The fraction of sp³-hybridized carbons (Fsp3) is 0.346. The number of carbonyl (C=O) groups excluding carboxylic acids is 1. The maximum atomic E-state index is 12.8. The van der Waals surface area contributed by atoms with E-state index in [1.165, 1.54) is 29.3 Å². The van der Waals surface area contributed by atoms with Gasteiger partial charge in [0.2, 0.25) is 0 Å². The van der Waals surface area contributed by atoms with Gasteiger partial charge in [0, 0.05) is 17.0 Å². The number of primary amides is 1. The molecule has 0 saturated carbocycles. The zero-order valence-corrected chi connectivity index (χ0v) is 18.7. The first-order chi connectivity index (χ1) is 15.7. The second kappa shape index (κ2) is 8.96. The topological polar surface area (TPSA) is 57.2 Å². The van der Waals surface area contributed by atoms with Crippen LogP contribution in [-0.4, -0.2) is 16.8 Å². The summed E-state index contributed by atoms with van der Waals surface area (Å²) in [5, 5.41) is 0.